The summed E-state index contributed by atoms with van der Waals surface area (Å²) in [4.78, 5) is 28.1. The minimum absolute atomic E-state index is 0.0480. The molecule has 1 atom stereocenters. The highest BCUT2D eigenvalue weighted by atomic mass is 32.2. The standard InChI is InChI=1S/C27H39N3O5S/c1-7-25(27(32)28-20(2)3)29(19-22-13-9-8-12-21(22)4)26(31)16-11-17-30(36(6,33)34)23-14-10-15-24(18-23)35-5/h8-10,12-15,18,20,25H,7,11,16-17,19H2,1-6H3,(H,28,32). The summed E-state index contributed by atoms with van der Waals surface area (Å²) >= 11 is 0. The quantitative estimate of drug-likeness (QED) is 0.435. The molecule has 36 heavy (non-hydrogen) atoms. The molecule has 2 aromatic rings. The first kappa shape index (κ1) is 29.2. The van der Waals surface area contributed by atoms with Crippen LogP contribution in [0.15, 0.2) is 48.5 Å². The third-order valence-electron chi connectivity index (χ3n) is 5.91. The fourth-order valence-electron chi connectivity index (χ4n) is 4.04. The van der Waals surface area contributed by atoms with Crippen molar-refractivity contribution in [3.8, 4) is 5.75 Å². The number of carbonyl (C=O) groups is 2. The Balaban J connectivity index is 2.24. The van der Waals surface area contributed by atoms with Crippen LogP contribution in [0.25, 0.3) is 0 Å². The van der Waals surface area contributed by atoms with Crippen LogP contribution >= 0.6 is 0 Å². The lowest BCUT2D eigenvalue weighted by Gasteiger charge is -2.32. The zero-order valence-electron chi connectivity index (χ0n) is 22.2. The van der Waals surface area contributed by atoms with Crippen LogP contribution in [0.5, 0.6) is 5.75 Å². The molecule has 1 unspecified atom stereocenters. The van der Waals surface area contributed by atoms with Crippen LogP contribution < -0.4 is 14.4 Å². The molecule has 0 aromatic heterocycles. The number of nitrogens with zero attached hydrogens (tertiary/aromatic N) is 2. The van der Waals surface area contributed by atoms with Gasteiger partial charge in [-0.1, -0.05) is 37.3 Å². The average molecular weight is 518 g/mol. The summed E-state index contributed by atoms with van der Waals surface area (Å²) in [5, 5.41) is 2.92. The maximum absolute atomic E-state index is 13.5. The number of hydrogen-bond acceptors (Lipinski definition) is 5. The lowest BCUT2D eigenvalue weighted by atomic mass is 10.0. The van der Waals surface area contributed by atoms with Crippen molar-refractivity contribution < 1.29 is 22.7 Å². The molecule has 0 fully saturated rings. The molecular formula is C27H39N3O5S. The highest BCUT2D eigenvalue weighted by molar-refractivity contribution is 7.92. The number of aryl methyl sites for hydroxylation is 1. The monoisotopic (exact) mass is 517 g/mol. The maximum atomic E-state index is 13.5. The van der Waals surface area contributed by atoms with Gasteiger partial charge >= 0.3 is 0 Å². The van der Waals surface area contributed by atoms with Gasteiger partial charge in [-0.3, -0.25) is 13.9 Å². The van der Waals surface area contributed by atoms with E-state index in [-0.39, 0.29) is 30.8 Å². The van der Waals surface area contributed by atoms with Crippen LogP contribution in [0.2, 0.25) is 0 Å². The molecule has 0 aliphatic heterocycles. The van der Waals surface area contributed by atoms with Crippen molar-refractivity contribution in [3.63, 3.8) is 0 Å². The number of anilines is 1. The summed E-state index contributed by atoms with van der Waals surface area (Å²) < 4.78 is 31.5. The van der Waals surface area contributed by atoms with Crippen molar-refractivity contribution in [1.82, 2.24) is 10.2 Å². The molecule has 0 bridgehead atoms. The minimum atomic E-state index is -3.57. The number of sulfonamides is 1. The Morgan fingerprint density at radius 3 is 2.36 bits per heavy atom. The Hall–Kier alpha value is -3.07. The lowest BCUT2D eigenvalue weighted by molar-refractivity contribution is -0.141. The number of ether oxygens (including phenoxy) is 1. The molecule has 0 radical (unpaired) electrons. The number of rotatable bonds is 13. The van der Waals surface area contributed by atoms with Crippen molar-refractivity contribution in [3.05, 3.63) is 59.7 Å². The number of amides is 2. The van der Waals surface area contributed by atoms with Gasteiger partial charge in [-0.05, 0) is 56.9 Å². The smallest absolute Gasteiger partial charge is 0.243 e. The van der Waals surface area contributed by atoms with E-state index in [0.717, 1.165) is 17.4 Å². The van der Waals surface area contributed by atoms with E-state index in [0.29, 0.717) is 30.8 Å². The van der Waals surface area contributed by atoms with Gasteiger partial charge < -0.3 is 15.0 Å². The summed E-state index contributed by atoms with van der Waals surface area (Å²) in [6, 6.07) is 13.9. The summed E-state index contributed by atoms with van der Waals surface area (Å²) in [5.41, 5.74) is 2.48. The summed E-state index contributed by atoms with van der Waals surface area (Å²) in [5.74, 6) is 0.162. The zero-order valence-corrected chi connectivity index (χ0v) is 23.0. The van der Waals surface area contributed by atoms with Crippen LogP contribution in [0.3, 0.4) is 0 Å². The molecule has 0 spiro atoms. The SMILES string of the molecule is CCC(C(=O)NC(C)C)N(Cc1ccccc1C)C(=O)CCCN(c1cccc(OC)c1)S(C)(=O)=O. The van der Waals surface area contributed by atoms with E-state index < -0.39 is 16.1 Å². The van der Waals surface area contributed by atoms with Gasteiger partial charge in [0.15, 0.2) is 0 Å². The third-order valence-corrected chi connectivity index (χ3v) is 7.11. The van der Waals surface area contributed by atoms with Crippen LogP contribution in [0.4, 0.5) is 5.69 Å². The van der Waals surface area contributed by atoms with Crippen molar-refractivity contribution >= 4 is 27.5 Å². The van der Waals surface area contributed by atoms with Gasteiger partial charge in [0.2, 0.25) is 21.8 Å². The van der Waals surface area contributed by atoms with E-state index in [2.05, 4.69) is 5.32 Å². The second-order valence-electron chi connectivity index (χ2n) is 9.18. The molecule has 0 heterocycles. The van der Waals surface area contributed by atoms with E-state index in [1.165, 1.54) is 11.4 Å². The predicted octanol–water partition coefficient (Wildman–Crippen LogP) is 3.88. The molecule has 1 N–H and O–H groups in total. The Labute approximate surface area is 215 Å². The Bertz CT molecular complexity index is 1130. The van der Waals surface area contributed by atoms with E-state index >= 15 is 0 Å². The lowest BCUT2D eigenvalue weighted by Crippen LogP contribution is -2.50. The topological polar surface area (TPSA) is 96.0 Å². The third kappa shape index (κ3) is 8.26. The van der Waals surface area contributed by atoms with Crippen molar-refractivity contribution in [2.24, 2.45) is 0 Å². The summed E-state index contributed by atoms with van der Waals surface area (Å²) in [6.45, 7) is 8.07. The van der Waals surface area contributed by atoms with Gasteiger partial charge in [-0.15, -0.1) is 0 Å². The first-order valence-corrected chi connectivity index (χ1v) is 14.1. The highest BCUT2D eigenvalue weighted by Gasteiger charge is 2.29. The van der Waals surface area contributed by atoms with E-state index in [1.54, 1.807) is 29.2 Å². The Kier molecular flexibility index (Phi) is 10.8. The van der Waals surface area contributed by atoms with Crippen LogP contribution in [-0.2, 0) is 26.2 Å². The van der Waals surface area contributed by atoms with E-state index in [9.17, 15) is 18.0 Å². The number of hydrogen-bond donors (Lipinski definition) is 1. The largest absolute Gasteiger partial charge is 0.497 e. The molecule has 0 aliphatic carbocycles. The average Bonchev–Trinajstić information content (AvgIpc) is 2.81. The van der Waals surface area contributed by atoms with Crippen LogP contribution in [0, 0.1) is 6.92 Å². The van der Waals surface area contributed by atoms with Crippen LogP contribution in [0.1, 0.15) is 51.2 Å². The molecule has 0 saturated carbocycles. The number of carbonyl (C=O) groups excluding carboxylic acids is 2. The summed E-state index contributed by atoms with van der Waals surface area (Å²) in [7, 11) is -2.06. The number of methoxy groups -OCH3 is 1. The molecule has 2 aromatic carbocycles. The normalized spacial score (nSPS) is 12.2. The van der Waals surface area contributed by atoms with Crippen molar-refractivity contribution in [2.75, 3.05) is 24.2 Å². The molecule has 198 valence electrons. The number of benzene rings is 2. The van der Waals surface area contributed by atoms with Gasteiger partial charge in [-0.2, -0.15) is 0 Å². The second kappa shape index (κ2) is 13.3. The molecule has 2 rings (SSSR count). The van der Waals surface area contributed by atoms with Gasteiger partial charge in [0.25, 0.3) is 0 Å². The number of nitrogens with one attached hydrogen (secondary N) is 1. The molecule has 0 aliphatic rings. The molecular weight excluding hydrogens is 478 g/mol. The molecule has 0 saturated heterocycles. The zero-order chi connectivity index (χ0) is 26.9. The molecule has 9 heteroatoms. The van der Waals surface area contributed by atoms with Gasteiger partial charge in [-0.25, -0.2) is 8.42 Å². The minimum Gasteiger partial charge on any atom is -0.497 e. The fraction of sp³-hybridized carbons (Fsp3) is 0.481. The van der Waals surface area contributed by atoms with Gasteiger partial charge in [0.1, 0.15) is 11.8 Å². The van der Waals surface area contributed by atoms with Gasteiger partial charge in [0, 0.05) is 31.6 Å². The van der Waals surface area contributed by atoms with Crippen LogP contribution in [-0.4, -0.2) is 57.1 Å². The molecule has 8 nitrogen and oxygen atoms in total. The first-order valence-electron chi connectivity index (χ1n) is 12.2. The predicted molar refractivity (Wildman–Crippen MR) is 144 cm³/mol. The van der Waals surface area contributed by atoms with Crippen molar-refractivity contribution in [2.45, 2.75) is 65.6 Å². The van der Waals surface area contributed by atoms with Crippen molar-refractivity contribution in [1.29, 1.82) is 0 Å². The first-order chi connectivity index (χ1) is 17.0. The van der Waals surface area contributed by atoms with Gasteiger partial charge in [0.05, 0.1) is 19.1 Å². The Morgan fingerprint density at radius 2 is 1.78 bits per heavy atom. The summed E-state index contributed by atoms with van der Waals surface area (Å²) in [6.07, 6.45) is 2.01. The highest BCUT2D eigenvalue weighted by Crippen LogP contribution is 2.24. The Morgan fingerprint density at radius 1 is 1.08 bits per heavy atom. The second-order valence-corrected chi connectivity index (χ2v) is 11.1. The van der Waals surface area contributed by atoms with E-state index in [1.807, 2.05) is 52.0 Å². The van der Waals surface area contributed by atoms with E-state index in [4.69, 9.17) is 4.74 Å². The molecule has 2 amide bonds. The maximum Gasteiger partial charge on any atom is 0.243 e. The fourth-order valence-corrected chi connectivity index (χ4v) is 5.00.